The average Bonchev–Trinajstić information content (AvgIpc) is 2.38. The lowest BCUT2D eigenvalue weighted by molar-refractivity contribution is -0.137. The topological polar surface area (TPSA) is 78.9 Å². The van der Waals surface area contributed by atoms with Gasteiger partial charge in [0.05, 0.1) is 17.2 Å². The summed E-state index contributed by atoms with van der Waals surface area (Å²) in [6, 6.07) is 4.55. The molecule has 0 fully saturated rings. The third-order valence-corrected chi connectivity index (χ3v) is 2.59. The number of amides is 1. The molecule has 0 aliphatic heterocycles. The Balaban J connectivity index is 2.83. The number of halogens is 3. The molecule has 20 heavy (non-hydrogen) atoms. The Morgan fingerprint density at radius 3 is 2.60 bits per heavy atom. The van der Waals surface area contributed by atoms with Crippen molar-refractivity contribution in [3.63, 3.8) is 0 Å². The molecule has 1 rings (SSSR count). The van der Waals surface area contributed by atoms with Gasteiger partial charge < -0.3 is 11.1 Å². The predicted octanol–water partition coefficient (Wildman–Crippen LogP) is 2.64. The Bertz CT molecular complexity index is 521. The van der Waals surface area contributed by atoms with E-state index < -0.39 is 17.3 Å². The Kier molecular flexibility index (Phi) is 5.53. The average molecular weight is 285 g/mol. The van der Waals surface area contributed by atoms with Crippen LogP contribution in [0.5, 0.6) is 0 Å². The van der Waals surface area contributed by atoms with Crippen LogP contribution in [0.15, 0.2) is 18.2 Å². The van der Waals surface area contributed by atoms with Crippen molar-refractivity contribution in [2.24, 2.45) is 5.73 Å². The number of hydrogen-bond acceptors (Lipinski definition) is 3. The molecule has 3 N–H and O–H groups in total. The molecular formula is C13H14F3N3O. The van der Waals surface area contributed by atoms with Gasteiger partial charge in [-0.2, -0.15) is 18.4 Å². The molecule has 0 aliphatic rings. The van der Waals surface area contributed by atoms with Gasteiger partial charge in [-0.1, -0.05) is 0 Å². The molecule has 0 unspecified atom stereocenters. The van der Waals surface area contributed by atoms with E-state index in [1.165, 1.54) is 12.1 Å². The van der Waals surface area contributed by atoms with Crippen molar-refractivity contribution in [3.8, 4) is 6.07 Å². The molecule has 1 amide bonds. The lowest BCUT2D eigenvalue weighted by Gasteiger charge is -2.11. The second-order valence-corrected chi connectivity index (χ2v) is 4.16. The highest BCUT2D eigenvalue weighted by Crippen LogP contribution is 2.33. The fourth-order valence-corrected chi connectivity index (χ4v) is 1.61. The van der Waals surface area contributed by atoms with E-state index in [2.05, 4.69) is 5.32 Å². The smallest absolute Gasteiger partial charge is 0.330 e. The van der Waals surface area contributed by atoms with Crippen molar-refractivity contribution in [3.05, 3.63) is 29.3 Å². The van der Waals surface area contributed by atoms with Gasteiger partial charge in [0.1, 0.15) is 0 Å². The van der Waals surface area contributed by atoms with E-state index in [4.69, 9.17) is 11.0 Å². The van der Waals surface area contributed by atoms with E-state index in [1.807, 2.05) is 0 Å². The molecule has 0 aliphatic carbocycles. The maximum Gasteiger partial charge on any atom is 0.417 e. The molecule has 0 spiro atoms. The minimum Gasteiger partial charge on any atom is -0.330 e. The number of alkyl halides is 3. The van der Waals surface area contributed by atoms with Crippen molar-refractivity contribution >= 4 is 11.6 Å². The maximum atomic E-state index is 12.7. The van der Waals surface area contributed by atoms with Gasteiger partial charge in [-0.05, 0) is 37.6 Å². The summed E-state index contributed by atoms with van der Waals surface area (Å²) in [5.74, 6) is -0.378. The largest absolute Gasteiger partial charge is 0.417 e. The number of carbonyl (C=O) groups is 1. The van der Waals surface area contributed by atoms with Gasteiger partial charge in [-0.15, -0.1) is 0 Å². The lowest BCUT2D eigenvalue weighted by Crippen LogP contribution is -2.14. The molecule has 0 heterocycles. The molecule has 0 aromatic heterocycles. The molecule has 1 aromatic rings. The number of anilines is 1. The summed E-state index contributed by atoms with van der Waals surface area (Å²) in [4.78, 5) is 11.5. The first-order chi connectivity index (χ1) is 9.38. The number of unbranched alkanes of at least 4 members (excludes halogenated alkanes) is 1. The molecular weight excluding hydrogens is 271 g/mol. The molecule has 0 saturated carbocycles. The van der Waals surface area contributed by atoms with E-state index in [9.17, 15) is 18.0 Å². The minimum atomic E-state index is -4.63. The summed E-state index contributed by atoms with van der Waals surface area (Å²) in [6.07, 6.45) is -3.19. The van der Waals surface area contributed by atoms with Gasteiger partial charge in [0.25, 0.3) is 0 Å². The molecule has 0 radical (unpaired) electrons. The van der Waals surface area contributed by atoms with Crippen LogP contribution in [-0.2, 0) is 11.0 Å². The van der Waals surface area contributed by atoms with Crippen LogP contribution in [0.4, 0.5) is 18.9 Å². The number of carbonyl (C=O) groups excluding carboxylic acids is 1. The van der Waals surface area contributed by atoms with Crippen LogP contribution < -0.4 is 11.1 Å². The fraction of sp³-hybridized carbons (Fsp3) is 0.385. The van der Waals surface area contributed by atoms with Gasteiger partial charge in [0.2, 0.25) is 5.91 Å². The first kappa shape index (κ1) is 16.0. The summed E-state index contributed by atoms with van der Waals surface area (Å²) < 4.78 is 38.2. The Morgan fingerprint density at radius 1 is 1.35 bits per heavy atom. The second kappa shape index (κ2) is 6.91. The van der Waals surface area contributed by atoms with Crippen LogP contribution in [0.3, 0.4) is 0 Å². The van der Waals surface area contributed by atoms with E-state index in [-0.39, 0.29) is 18.0 Å². The van der Waals surface area contributed by atoms with Crippen molar-refractivity contribution in [1.29, 1.82) is 5.26 Å². The van der Waals surface area contributed by atoms with Crippen molar-refractivity contribution in [2.45, 2.75) is 25.4 Å². The van der Waals surface area contributed by atoms with Crippen LogP contribution in [0.25, 0.3) is 0 Å². The maximum absolute atomic E-state index is 12.7. The summed E-state index contributed by atoms with van der Waals surface area (Å²) in [7, 11) is 0. The van der Waals surface area contributed by atoms with Crippen LogP contribution in [0.2, 0.25) is 0 Å². The van der Waals surface area contributed by atoms with E-state index in [0.717, 1.165) is 12.1 Å². The zero-order valence-electron chi connectivity index (χ0n) is 10.6. The normalized spacial score (nSPS) is 10.9. The summed E-state index contributed by atoms with van der Waals surface area (Å²) >= 11 is 0. The standard InChI is InChI=1S/C13H14F3N3O/c14-13(15,16)11-7-10(5-4-9(11)8-18)19-12(20)3-1-2-6-17/h4-5,7H,1-3,6,17H2,(H,19,20). The number of hydrogen-bond donors (Lipinski definition) is 2. The Morgan fingerprint density at radius 2 is 2.05 bits per heavy atom. The van der Waals surface area contributed by atoms with Crippen LogP contribution >= 0.6 is 0 Å². The van der Waals surface area contributed by atoms with Crippen LogP contribution in [-0.4, -0.2) is 12.5 Å². The minimum absolute atomic E-state index is 0.0223. The first-order valence-electron chi connectivity index (χ1n) is 5.99. The highest BCUT2D eigenvalue weighted by molar-refractivity contribution is 5.90. The van der Waals surface area contributed by atoms with Gasteiger partial charge in [0, 0.05) is 12.1 Å². The van der Waals surface area contributed by atoms with Gasteiger partial charge in [-0.25, -0.2) is 0 Å². The zero-order chi connectivity index (χ0) is 15.2. The fourth-order valence-electron chi connectivity index (χ4n) is 1.61. The van der Waals surface area contributed by atoms with E-state index in [1.54, 1.807) is 0 Å². The quantitative estimate of drug-likeness (QED) is 0.816. The molecule has 1 aromatic carbocycles. The number of rotatable bonds is 5. The third kappa shape index (κ3) is 4.55. The molecule has 7 heteroatoms. The van der Waals surface area contributed by atoms with Crippen molar-refractivity contribution in [2.75, 3.05) is 11.9 Å². The summed E-state index contributed by atoms with van der Waals surface area (Å²) in [5, 5.41) is 11.0. The highest BCUT2D eigenvalue weighted by Gasteiger charge is 2.33. The lowest BCUT2D eigenvalue weighted by atomic mass is 10.1. The zero-order valence-corrected chi connectivity index (χ0v) is 10.6. The van der Waals surface area contributed by atoms with Crippen LogP contribution in [0.1, 0.15) is 30.4 Å². The molecule has 0 bridgehead atoms. The van der Waals surface area contributed by atoms with Gasteiger partial charge in [0.15, 0.2) is 0 Å². The second-order valence-electron chi connectivity index (χ2n) is 4.16. The first-order valence-corrected chi connectivity index (χ1v) is 5.99. The monoisotopic (exact) mass is 285 g/mol. The highest BCUT2D eigenvalue weighted by atomic mass is 19.4. The van der Waals surface area contributed by atoms with E-state index >= 15 is 0 Å². The molecule has 4 nitrogen and oxygen atoms in total. The van der Waals surface area contributed by atoms with Gasteiger partial charge >= 0.3 is 6.18 Å². The Labute approximate surface area is 114 Å². The van der Waals surface area contributed by atoms with Crippen LogP contribution in [0, 0.1) is 11.3 Å². The number of nitrogens with two attached hydrogens (primary N) is 1. The SMILES string of the molecule is N#Cc1ccc(NC(=O)CCCCN)cc1C(F)(F)F. The number of nitrogens with zero attached hydrogens (tertiary/aromatic N) is 1. The number of benzene rings is 1. The number of nitriles is 1. The number of nitrogens with one attached hydrogen (secondary N) is 1. The van der Waals surface area contributed by atoms with E-state index in [0.29, 0.717) is 19.4 Å². The van der Waals surface area contributed by atoms with Gasteiger partial charge in [-0.3, -0.25) is 4.79 Å². The molecule has 0 atom stereocenters. The summed E-state index contributed by atoms with van der Waals surface area (Å²) in [6.45, 7) is 0.461. The Hall–Kier alpha value is -2.07. The van der Waals surface area contributed by atoms with Crippen molar-refractivity contribution in [1.82, 2.24) is 0 Å². The molecule has 0 saturated heterocycles. The van der Waals surface area contributed by atoms with Crippen molar-refractivity contribution < 1.29 is 18.0 Å². The summed E-state index contributed by atoms with van der Waals surface area (Å²) in [5.41, 5.74) is 3.77. The predicted molar refractivity (Wildman–Crippen MR) is 67.7 cm³/mol. The molecule has 108 valence electrons. The third-order valence-electron chi connectivity index (χ3n) is 2.59.